The smallest absolute Gasteiger partial charge is 0.0498 e. The standard InChI is InChI=1S/C7H9BrN2/c1-5-2-6(8)4-7(3-5)10-9/h2-4,10H,9H2,1H3. The summed E-state index contributed by atoms with van der Waals surface area (Å²) >= 11 is 3.36. The largest absolute Gasteiger partial charge is 0.324 e. The van der Waals surface area contributed by atoms with Gasteiger partial charge in [0.15, 0.2) is 0 Å². The number of halogens is 1. The molecule has 0 fully saturated rings. The van der Waals surface area contributed by atoms with Crippen LogP contribution in [0.2, 0.25) is 0 Å². The zero-order valence-corrected chi connectivity index (χ0v) is 7.27. The van der Waals surface area contributed by atoms with Crippen LogP contribution >= 0.6 is 15.9 Å². The molecule has 0 bridgehead atoms. The molecule has 0 saturated heterocycles. The Hall–Kier alpha value is -0.540. The highest BCUT2D eigenvalue weighted by atomic mass is 79.9. The van der Waals surface area contributed by atoms with Crippen LogP contribution in [0, 0.1) is 6.92 Å². The van der Waals surface area contributed by atoms with E-state index in [1.54, 1.807) is 0 Å². The van der Waals surface area contributed by atoms with E-state index in [4.69, 9.17) is 5.84 Å². The van der Waals surface area contributed by atoms with Crippen LogP contribution in [-0.4, -0.2) is 0 Å². The second kappa shape index (κ2) is 3.03. The van der Waals surface area contributed by atoms with Gasteiger partial charge in [0.05, 0.1) is 0 Å². The number of nitrogens with one attached hydrogen (secondary N) is 1. The summed E-state index contributed by atoms with van der Waals surface area (Å²) in [6, 6.07) is 5.93. The van der Waals surface area contributed by atoms with Crippen LogP contribution in [0.25, 0.3) is 0 Å². The molecule has 0 aromatic heterocycles. The van der Waals surface area contributed by atoms with Crippen molar-refractivity contribution in [2.24, 2.45) is 5.84 Å². The fourth-order valence-electron chi connectivity index (χ4n) is 0.820. The van der Waals surface area contributed by atoms with Gasteiger partial charge in [0.2, 0.25) is 0 Å². The normalized spacial score (nSPS) is 9.50. The van der Waals surface area contributed by atoms with Crippen molar-refractivity contribution in [1.29, 1.82) is 0 Å². The van der Waals surface area contributed by atoms with Gasteiger partial charge in [-0.25, -0.2) is 0 Å². The van der Waals surface area contributed by atoms with Gasteiger partial charge in [-0.3, -0.25) is 5.84 Å². The molecule has 3 N–H and O–H groups in total. The third-order valence-corrected chi connectivity index (χ3v) is 1.67. The molecule has 1 rings (SSSR count). The zero-order chi connectivity index (χ0) is 7.56. The van der Waals surface area contributed by atoms with Gasteiger partial charge in [-0.2, -0.15) is 0 Å². The van der Waals surface area contributed by atoms with E-state index in [0.29, 0.717) is 0 Å². The zero-order valence-electron chi connectivity index (χ0n) is 5.69. The third-order valence-electron chi connectivity index (χ3n) is 1.21. The minimum Gasteiger partial charge on any atom is -0.324 e. The van der Waals surface area contributed by atoms with Crippen molar-refractivity contribution in [2.75, 3.05) is 5.43 Å². The molecule has 0 aliphatic heterocycles. The minimum atomic E-state index is 0.923. The number of aryl methyl sites for hydroxylation is 1. The summed E-state index contributed by atoms with van der Waals surface area (Å²) in [5.41, 5.74) is 4.68. The molecule has 0 heterocycles. The minimum absolute atomic E-state index is 0.923. The fraction of sp³-hybridized carbons (Fsp3) is 0.143. The van der Waals surface area contributed by atoms with Gasteiger partial charge >= 0.3 is 0 Å². The van der Waals surface area contributed by atoms with Crippen LogP contribution in [0.4, 0.5) is 5.69 Å². The second-order valence-corrected chi connectivity index (χ2v) is 3.08. The first-order chi connectivity index (χ1) is 4.72. The number of nitrogens with two attached hydrogens (primary N) is 1. The quantitative estimate of drug-likeness (QED) is 0.539. The first-order valence-electron chi connectivity index (χ1n) is 2.96. The lowest BCUT2D eigenvalue weighted by atomic mass is 10.2. The van der Waals surface area contributed by atoms with Crippen molar-refractivity contribution >= 4 is 21.6 Å². The van der Waals surface area contributed by atoms with Crippen molar-refractivity contribution in [2.45, 2.75) is 6.92 Å². The molecule has 0 spiro atoms. The molecular formula is C7H9BrN2. The molecule has 0 amide bonds. The van der Waals surface area contributed by atoms with E-state index in [9.17, 15) is 0 Å². The Morgan fingerprint density at radius 2 is 2.10 bits per heavy atom. The topological polar surface area (TPSA) is 38.0 Å². The molecule has 10 heavy (non-hydrogen) atoms. The number of hydrogen-bond donors (Lipinski definition) is 2. The molecule has 0 atom stereocenters. The van der Waals surface area contributed by atoms with E-state index in [-0.39, 0.29) is 0 Å². The van der Waals surface area contributed by atoms with Crippen molar-refractivity contribution in [1.82, 2.24) is 0 Å². The maximum absolute atomic E-state index is 5.22. The monoisotopic (exact) mass is 200 g/mol. The first kappa shape index (κ1) is 7.57. The SMILES string of the molecule is Cc1cc(Br)cc(NN)c1. The van der Waals surface area contributed by atoms with Crippen LogP contribution in [0.5, 0.6) is 0 Å². The Kier molecular flexibility index (Phi) is 2.29. The highest BCUT2D eigenvalue weighted by molar-refractivity contribution is 9.10. The van der Waals surface area contributed by atoms with E-state index in [0.717, 1.165) is 10.2 Å². The Bertz CT molecular complexity index is 215. The molecule has 0 saturated carbocycles. The van der Waals surface area contributed by atoms with Crippen LogP contribution in [0.3, 0.4) is 0 Å². The van der Waals surface area contributed by atoms with Crippen molar-refractivity contribution in [3.63, 3.8) is 0 Å². The van der Waals surface area contributed by atoms with E-state index in [1.807, 2.05) is 25.1 Å². The molecule has 1 aromatic carbocycles. The predicted octanol–water partition coefficient (Wildman–Crippen LogP) is 2.04. The summed E-state index contributed by atoms with van der Waals surface area (Å²) in [6.07, 6.45) is 0. The van der Waals surface area contributed by atoms with Crippen molar-refractivity contribution < 1.29 is 0 Å². The maximum Gasteiger partial charge on any atom is 0.0498 e. The van der Waals surface area contributed by atoms with Crippen LogP contribution in [0.1, 0.15) is 5.56 Å². The lowest BCUT2D eigenvalue weighted by Gasteiger charge is -2.01. The second-order valence-electron chi connectivity index (χ2n) is 2.16. The molecule has 0 unspecified atom stereocenters. The first-order valence-corrected chi connectivity index (χ1v) is 3.75. The summed E-state index contributed by atoms with van der Waals surface area (Å²) in [6.45, 7) is 2.02. The average Bonchev–Trinajstić information content (AvgIpc) is 1.85. The van der Waals surface area contributed by atoms with Gasteiger partial charge in [-0.15, -0.1) is 0 Å². The Morgan fingerprint density at radius 3 is 2.60 bits per heavy atom. The van der Waals surface area contributed by atoms with Crippen LogP contribution < -0.4 is 11.3 Å². The summed E-state index contributed by atoms with van der Waals surface area (Å²) in [7, 11) is 0. The lowest BCUT2D eigenvalue weighted by Crippen LogP contribution is -2.06. The van der Waals surface area contributed by atoms with Gasteiger partial charge in [-0.05, 0) is 30.7 Å². The number of hydrazine groups is 1. The lowest BCUT2D eigenvalue weighted by molar-refractivity contribution is 1.33. The molecule has 54 valence electrons. The number of benzene rings is 1. The molecule has 0 aliphatic rings. The Morgan fingerprint density at radius 1 is 1.40 bits per heavy atom. The maximum atomic E-state index is 5.22. The molecule has 0 aliphatic carbocycles. The van der Waals surface area contributed by atoms with Gasteiger partial charge in [0.1, 0.15) is 0 Å². The molecule has 1 aromatic rings. The Labute approximate surface area is 68.5 Å². The summed E-state index contributed by atoms with van der Waals surface area (Å²) in [5, 5.41) is 0. The van der Waals surface area contributed by atoms with Gasteiger partial charge < -0.3 is 5.43 Å². The summed E-state index contributed by atoms with van der Waals surface area (Å²) in [5.74, 6) is 5.22. The predicted molar refractivity (Wildman–Crippen MR) is 46.7 cm³/mol. The number of nitrogen functional groups attached to an aromatic ring is 1. The Balaban J connectivity index is 3.06. The van der Waals surface area contributed by atoms with Crippen molar-refractivity contribution in [3.05, 3.63) is 28.2 Å². The van der Waals surface area contributed by atoms with E-state index in [2.05, 4.69) is 21.4 Å². The average molecular weight is 201 g/mol. The van der Waals surface area contributed by atoms with Gasteiger partial charge in [-0.1, -0.05) is 15.9 Å². The molecular weight excluding hydrogens is 192 g/mol. The highest BCUT2D eigenvalue weighted by Gasteiger charge is 1.92. The van der Waals surface area contributed by atoms with Gasteiger partial charge in [0, 0.05) is 10.2 Å². The highest BCUT2D eigenvalue weighted by Crippen LogP contribution is 2.17. The van der Waals surface area contributed by atoms with Gasteiger partial charge in [0.25, 0.3) is 0 Å². The fourth-order valence-corrected chi connectivity index (χ4v) is 1.43. The van der Waals surface area contributed by atoms with E-state index < -0.39 is 0 Å². The van der Waals surface area contributed by atoms with Crippen LogP contribution in [0.15, 0.2) is 22.7 Å². The molecule has 2 nitrogen and oxygen atoms in total. The number of hydrogen-bond acceptors (Lipinski definition) is 2. The van der Waals surface area contributed by atoms with E-state index in [1.165, 1.54) is 5.56 Å². The number of anilines is 1. The van der Waals surface area contributed by atoms with Crippen molar-refractivity contribution in [3.8, 4) is 0 Å². The summed E-state index contributed by atoms with van der Waals surface area (Å²) in [4.78, 5) is 0. The molecule has 3 heteroatoms. The number of rotatable bonds is 1. The molecule has 0 radical (unpaired) electrons. The summed E-state index contributed by atoms with van der Waals surface area (Å²) < 4.78 is 1.04. The van der Waals surface area contributed by atoms with Crippen LogP contribution in [-0.2, 0) is 0 Å². The van der Waals surface area contributed by atoms with E-state index >= 15 is 0 Å². The third kappa shape index (κ3) is 1.72.